The van der Waals surface area contributed by atoms with Crippen molar-refractivity contribution in [3.05, 3.63) is 35.4 Å². The Morgan fingerprint density at radius 1 is 1.38 bits per heavy atom. The molecule has 2 rings (SSSR count). The van der Waals surface area contributed by atoms with Gasteiger partial charge >= 0.3 is 0 Å². The first kappa shape index (κ1) is 16.4. The number of nitrogens with one attached hydrogen (secondary N) is 1. The smallest absolute Gasteiger partial charge is 0.274 e. The zero-order valence-electron chi connectivity index (χ0n) is 12.7. The Labute approximate surface area is 124 Å². The fourth-order valence-corrected chi connectivity index (χ4v) is 1.63. The maximum Gasteiger partial charge on any atom is 0.274 e. The zero-order chi connectivity index (χ0) is 15.8. The average molecular weight is 285 g/mol. The van der Waals surface area contributed by atoms with Crippen LogP contribution in [0.25, 0.3) is 5.69 Å². The van der Waals surface area contributed by atoms with Gasteiger partial charge < -0.3 is 5.32 Å². The van der Waals surface area contributed by atoms with E-state index in [1.165, 1.54) is 4.68 Å². The van der Waals surface area contributed by atoms with Crippen molar-refractivity contribution in [2.75, 3.05) is 6.54 Å². The number of nitrogens with zero attached hydrogens (tertiary/aromatic N) is 4. The number of rotatable bonds is 3. The van der Waals surface area contributed by atoms with E-state index in [1.54, 1.807) is 6.20 Å². The highest BCUT2D eigenvalue weighted by Gasteiger charge is 2.12. The van der Waals surface area contributed by atoms with E-state index in [1.807, 2.05) is 39.8 Å². The lowest BCUT2D eigenvalue weighted by Gasteiger charge is -2.04. The zero-order valence-corrected chi connectivity index (χ0v) is 12.7. The van der Waals surface area contributed by atoms with E-state index in [4.69, 9.17) is 6.42 Å². The van der Waals surface area contributed by atoms with Crippen molar-refractivity contribution >= 4 is 5.91 Å². The third-order valence-electron chi connectivity index (χ3n) is 2.52. The molecule has 0 unspecified atom stereocenters. The second kappa shape index (κ2) is 7.80. The summed E-state index contributed by atoms with van der Waals surface area (Å²) in [6, 6.07) is 3.76. The molecule has 6 heteroatoms. The van der Waals surface area contributed by atoms with Crippen molar-refractivity contribution in [3.8, 4) is 18.0 Å². The van der Waals surface area contributed by atoms with Crippen LogP contribution >= 0.6 is 0 Å². The van der Waals surface area contributed by atoms with Crippen LogP contribution in [0.5, 0.6) is 0 Å². The summed E-state index contributed by atoms with van der Waals surface area (Å²) < 4.78 is 1.52. The molecule has 1 amide bonds. The van der Waals surface area contributed by atoms with Gasteiger partial charge in [0.05, 0.1) is 24.1 Å². The number of pyridine rings is 1. The van der Waals surface area contributed by atoms with Gasteiger partial charge in [-0.1, -0.05) is 25.0 Å². The molecule has 2 heterocycles. The van der Waals surface area contributed by atoms with E-state index < -0.39 is 0 Å². The van der Waals surface area contributed by atoms with Crippen molar-refractivity contribution in [2.24, 2.45) is 0 Å². The summed E-state index contributed by atoms with van der Waals surface area (Å²) in [5.74, 6) is 1.98. The lowest BCUT2D eigenvalue weighted by atomic mass is 10.3. The molecular weight excluding hydrogens is 266 g/mol. The minimum atomic E-state index is -0.345. The van der Waals surface area contributed by atoms with Gasteiger partial charge in [-0.25, -0.2) is 4.68 Å². The number of hydrogen-bond acceptors (Lipinski definition) is 4. The maximum absolute atomic E-state index is 11.6. The maximum atomic E-state index is 11.6. The number of carbonyl (C=O) groups excluding carboxylic acids is 1. The lowest BCUT2D eigenvalue weighted by Crippen LogP contribution is -2.23. The highest BCUT2D eigenvalue weighted by molar-refractivity contribution is 5.92. The molecule has 2 aromatic rings. The molecule has 0 fully saturated rings. The van der Waals surface area contributed by atoms with Gasteiger partial charge in [-0.3, -0.25) is 9.78 Å². The Balaban J connectivity index is 0.00000106. The molecule has 21 heavy (non-hydrogen) atoms. The van der Waals surface area contributed by atoms with Crippen LogP contribution in [0.4, 0.5) is 0 Å². The predicted molar refractivity (Wildman–Crippen MR) is 81.1 cm³/mol. The highest BCUT2D eigenvalue weighted by atomic mass is 16.1. The van der Waals surface area contributed by atoms with Crippen molar-refractivity contribution in [1.82, 2.24) is 25.3 Å². The fourth-order valence-electron chi connectivity index (χ4n) is 1.63. The number of aromatic nitrogens is 4. The van der Waals surface area contributed by atoms with Crippen LogP contribution in [-0.2, 0) is 0 Å². The summed E-state index contributed by atoms with van der Waals surface area (Å²) >= 11 is 0. The molecule has 0 aromatic carbocycles. The first-order chi connectivity index (χ1) is 10.1. The van der Waals surface area contributed by atoms with Gasteiger partial charge in [0.15, 0.2) is 5.69 Å². The van der Waals surface area contributed by atoms with Gasteiger partial charge in [-0.05, 0) is 26.0 Å². The molecule has 0 spiro atoms. The quantitative estimate of drug-likeness (QED) is 0.871. The van der Waals surface area contributed by atoms with Crippen molar-refractivity contribution < 1.29 is 4.79 Å². The summed E-state index contributed by atoms with van der Waals surface area (Å²) in [4.78, 5) is 16.0. The molecular formula is C15H19N5O. The van der Waals surface area contributed by atoms with E-state index in [2.05, 4.69) is 26.5 Å². The molecule has 1 N–H and O–H groups in total. The van der Waals surface area contributed by atoms with Crippen molar-refractivity contribution in [2.45, 2.75) is 27.7 Å². The summed E-state index contributed by atoms with van der Waals surface area (Å²) in [5, 5.41) is 10.3. The standard InChI is InChI=1S/C13H13N5O.C2H6/c1-4-7-14-13(19)11-8-18(17-16-11)12-6-5-9(2)15-10(12)3;1-2/h1,5-6,8H,7H2,2-3H3,(H,14,19);1-2H3. The van der Waals surface area contributed by atoms with Crippen LogP contribution in [0.2, 0.25) is 0 Å². The third-order valence-corrected chi connectivity index (χ3v) is 2.52. The normalized spacial score (nSPS) is 9.29. The molecule has 0 aliphatic rings. The molecule has 2 aromatic heterocycles. The molecule has 0 atom stereocenters. The SMILES string of the molecule is C#CCNC(=O)c1cn(-c2ccc(C)nc2C)nn1.CC. The topological polar surface area (TPSA) is 72.7 Å². The number of hydrogen-bond donors (Lipinski definition) is 1. The molecule has 0 bridgehead atoms. The minimum absolute atomic E-state index is 0.164. The summed E-state index contributed by atoms with van der Waals surface area (Å²) in [6.45, 7) is 7.95. The molecule has 0 saturated heterocycles. The highest BCUT2D eigenvalue weighted by Crippen LogP contribution is 2.11. The van der Waals surface area contributed by atoms with Crippen LogP contribution in [0.1, 0.15) is 35.7 Å². The van der Waals surface area contributed by atoms with Gasteiger partial charge in [0.1, 0.15) is 0 Å². The second-order valence-corrected chi connectivity index (χ2v) is 3.99. The van der Waals surface area contributed by atoms with Gasteiger partial charge in [-0.2, -0.15) is 0 Å². The number of carbonyl (C=O) groups is 1. The molecule has 110 valence electrons. The minimum Gasteiger partial charge on any atom is -0.340 e. The number of amides is 1. The third kappa shape index (κ3) is 4.14. The van der Waals surface area contributed by atoms with E-state index in [9.17, 15) is 4.79 Å². The predicted octanol–water partition coefficient (Wildman–Crippen LogP) is 1.67. The average Bonchev–Trinajstić information content (AvgIpc) is 2.96. The van der Waals surface area contributed by atoms with E-state index in [0.717, 1.165) is 17.1 Å². The van der Waals surface area contributed by atoms with Gasteiger partial charge in [-0.15, -0.1) is 11.5 Å². The second-order valence-electron chi connectivity index (χ2n) is 3.99. The fraction of sp³-hybridized carbons (Fsp3) is 0.333. The van der Waals surface area contributed by atoms with E-state index in [0.29, 0.717) is 0 Å². The molecule has 0 radical (unpaired) electrons. The lowest BCUT2D eigenvalue weighted by molar-refractivity contribution is 0.0953. The van der Waals surface area contributed by atoms with Gasteiger partial charge in [0, 0.05) is 5.69 Å². The summed E-state index contributed by atoms with van der Waals surface area (Å²) in [6.07, 6.45) is 6.62. The first-order valence-electron chi connectivity index (χ1n) is 6.70. The van der Waals surface area contributed by atoms with Crippen LogP contribution in [0.15, 0.2) is 18.3 Å². The Morgan fingerprint density at radius 2 is 2.10 bits per heavy atom. The van der Waals surface area contributed by atoms with Crippen LogP contribution in [-0.4, -0.2) is 32.4 Å². The summed E-state index contributed by atoms with van der Waals surface area (Å²) in [5.41, 5.74) is 2.75. The van der Waals surface area contributed by atoms with Crippen LogP contribution in [0.3, 0.4) is 0 Å². The monoisotopic (exact) mass is 285 g/mol. The summed E-state index contributed by atoms with van der Waals surface area (Å²) in [7, 11) is 0. The first-order valence-corrected chi connectivity index (χ1v) is 6.70. The van der Waals surface area contributed by atoms with Gasteiger partial charge in [0.2, 0.25) is 0 Å². The molecule has 0 saturated carbocycles. The van der Waals surface area contributed by atoms with Crippen LogP contribution in [0, 0.1) is 26.2 Å². The Morgan fingerprint density at radius 3 is 2.71 bits per heavy atom. The van der Waals surface area contributed by atoms with E-state index >= 15 is 0 Å². The van der Waals surface area contributed by atoms with Crippen molar-refractivity contribution in [3.63, 3.8) is 0 Å². The van der Waals surface area contributed by atoms with Crippen molar-refractivity contribution in [1.29, 1.82) is 0 Å². The molecule has 0 aliphatic heterocycles. The van der Waals surface area contributed by atoms with E-state index in [-0.39, 0.29) is 18.1 Å². The Hall–Kier alpha value is -2.68. The Bertz CT molecular complexity index is 654. The molecule has 0 aliphatic carbocycles. The number of aryl methyl sites for hydroxylation is 2. The largest absolute Gasteiger partial charge is 0.340 e. The molecule has 6 nitrogen and oxygen atoms in total. The number of terminal acetylenes is 1. The van der Waals surface area contributed by atoms with Gasteiger partial charge in [0.25, 0.3) is 5.91 Å². The Kier molecular flexibility index (Phi) is 6.08. The van der Waals surface area contributed by atoms with Crippen LogP contribution < -0.4 is 5.32 Å².